The third kappa shape index (κ3) is 3.38. The van der Waals surface area contributed by atoms with Gasteiger partial charge in [0.1, 0.15) is 5.01 Å². The number of para-hydroxylation sites is 1. The van der Waals surface area contributed by atoms with Crippen LogP contribution < -0.4 is 0 Å². The summed E-state index contributed by atoms with van der Waals surface area (Å²) >= 11 is 8.82. The van der Waals surface area contributed by atoms with E-state index in [9.17, 15) is 0 Å². The van der Waals surface area contributed by atoms with Gasteiger partial charge in [0.25, 0.3) is 10.7 Å². The molecule has 1 saturated heterocycles. The van der Waals surface area contributed by atoms with Gasteiger partial charge in [0, 0.05) is 6.54 Å². The minimum absolute atomic E-state index is 0.305. The molecule has 0 amide bonds. The van der Waals surface area contributed by atoms with E-state index in [2.05, 4.69) is 28.2 Å². The molecular formula is C19H18N4OS3. The maximum atomic E-state index is 5.73. The van der Waals surface area contributed by atoms with Crippen LogP contribution in [0.25, 0.3) is 21.0 Å². The number of likely N-dealkylation sites (tertiary alicyclic amines) is 1. The quantitative estimate of drug-likeness (QED) is 0.399. The average molecular weight is 415 g/mol. The van der Waals surface area contributed by atoms with Crippen LogP contribution >= 0.6 is 34.9 Å². The summed E-state index contributed by atoms with van der Waals surface area (Å²) < 4.78 is 8.77. The summed E-state index contributed by atoms with van der Waals surface area (Å²) in [7, 11) is 0. The molecule has 1 atom stereocenters. The van der Waals surface area contributed by atoms with Crippen LogP contribution in [0, 0.1) is 4.84 Å². The Labute approximate surface area is 169 Å². The zero-order chi connectivity index (χ0) is 18.2. The third-order valence-electron chi connectivity index (χ3n) is 4.86. The van der Waals surface area contributed by atoms with E-state index in [-0.39, 0.29) is 0 Å². The molecular weight excluding hydrogens is 396 g/mol. The number of thiazole rings is 1. The number of benzene rings is 1. The molecule has 1 aliphatic heterocycles. The van der Waals surface area contributed by atoms with Gasteiger partial charge in [0.2, 0.25) is 0 Å². The molecule has 1 unspecified atom stereocenters. The van der Waals surface area contributed by atoms with E-state index in [0.29, 0.717) is 23.4 Å². The summed E-state index contributed by atoms with van der Waals surface area (Å²) in [5.74, 6) is 0.601. The number of fused-ring (bicyclic) bond motifs is 1. The SMILES string of the molecule is S=c1oc(-c2cccs2)nn1CN1CCCCC1c1nc2ccccc2s1. The molecule has 3 aromatic heterocycles. The van der Waals surface area contributed by atoms with Gasteiger partial charge in [-0.05, 0) is 48.6 Å². The maximum absolute atomic E-state index is 5.73. The van der Waals surface area contributed by atoms with Crippen molar-refractivity contribution in [3.05, 3.63) is 51.6 Å². The van der Waals surface area contributed by atoms with Crippen molar-refractivity contribution < 1.29 is 4.42 Å². The Morgan fingerprint density at radius 1 is 1.19 bits per heavy atom. The molecule has 1 fully saturated rings. The number of hydrogen-bond acceptors (Lipinski definition) is 7. The Hall–Kier alpha value is -1.87. The molecule has 5 nitrogen and oxygen atoms in total. The van der Waals surface area contributed by atoms with Crippen LogP contribution in [0.5, 0.6) is 0 Å². The van der Waals surface area contributed by atoms with Crippen molar-refractivity contribution in [3.63, 3.8) is 0 Å². The lowest BCUT2D eigenvalue weighted by Gasteiger charge is -2.33. The fourth-order valence-corrected chi connectivity index (χ4v) is 5.50. The molecule has 1 aromatic carbocycles. The summed E-state index contributed by atoms with van der Waals surface area (Å²) in [6.07, 6.45) is 3.52. The largest absolute Gasteiger partial charge is 0.408 e. The standard InChI is InChI=1S/C19H18N4OS3/c25-19-23(21-17(24-19)16-9-5-11-26-16)12-22-10-4-3-7-14(22)18-20-13-6-1-2-8-15(13)27-18/h1-2,5-6,8-9,11,14H,3-4,7,10,12H2. The van der Waals surface area contributed by atoms with Gasteiger partial charge in [-0.25, -0.2) is 9.67 Å². The van der Waals surface area contributed by atoms with E-state index in [1.807, 2.05) is 23.6 Å². The van der Waals surface area contributed by atoms with E-state index in [1.165, 1.54) is 22.5 Å². The second-order valence-corrected chi connectivity index (χ2v) is 8.99. The second kappa shape index (κ2) is 7.27. The first-order valence-electron chi connectivity index (χ1n) is 8.99. The molecule has 0 saturated carbocycles. The predicted molar refractivity (Wildman–Crippen MR) is 112 cm³/mol. The van der Waals surface area contributed by atoms with Crippen LogP contribution in [0.3, 0.4) is 0 Å². The highest BCUT2D eigenvalue weighted by Gasteiger charge is 2.27. The molecule has 4 heterocycles. The first kappa shape index (κ1) is 17.2. The number of piperidine rings is 1. The Morgan fingerprint density at radius 3 is 2.96 bits per heavy atom. The smallest absolute Gasteiger partial charge is 0.288 e. The average Bonchev–Trinajstić information content (AvgIpc) is 3.42. The molecule has 0 bridgehead atoms. The van der Waals surface area contributed by atoms with Crippen molar-refractivity contribution in [3.8, 4) is 10.8 Å². The lowest BCUT2D eigenvalue weighted by atomic mass is 10.0. The minimum atomic E-state index is 0.305. The van der Waals surface area contributed by atoms with Gasteiger partial charge in [-0.2, -0.15) is 0 Å². The molecule has 4 aromatic rings. The van der Waals surface area contributed by atoms with Gasteiger partial charge in [0.15, 0.2) is 0 Å². The van der Waals surface area contributed by atoms with E-state index in [0.717, 1.165) is 23.4 Å². The van der Waals surface area contributed by atoms with Crippen LogP contribution in [-0.4, -0.2) is 26.2 Å². The van der Waals surface area contributed by atoms with E-state index < -0.39 is 0 Å². The summed E-state index contributed by atoms with van der Waals surface area (Å²) in [4.78, 5) is 8.75. The van der Waals surface area contributed by atoms with E-state index >= 15 is 0 Å². The van der Waals surface area contributed by atoms with Gasteiger partial charge in [-0.15, -0.1) is 27.8 Å². The summed E-state index contributed by atoms with van der Waals surface area (Å²) in [5.41, 5.74) is 1.08. The molecule has 8 heteroatoms. The first-order valence-corrected chi connectivity index (χ1v) is 11.1. The van der Waals surface area contributed by atoms with Crippen LogP contribution in [0.1, 0.15) is 30.3 Å². The predicted octanol–water partition coefficient (Wildman–Crippen LogP) is 5.73. The van der Waals surface area contributed by atoms with Crippen LogP contribution in [0.15, 0.2) is 46.2 Å². The maximum Gasteiger partial charge on any atom is 0.288 e. The fraction of sp³-hybridized carbons (Fsp3) is 0.316. The van der Waals surface area contributed by atoms with Crippen molar-refractivity contribution in [1.82, 2.24) is 19.7 Å². The lowest BCUT2D eigenvalue weighted by Crippen LogP contribution is -2.35. The monoisotopic (exact) mass is 414 g/mol. The number of nitrogens with zero attached hydrogens (tertiary/aromatic N) is 4. The highest BCUT2D eigenvalue weighted by molar-refractivity contribution is 7.71. The number of hydrogen-bond donors (Lipinski definition) is 0. The van der Waals surface area contributed by atoms with Crippen LogP contribution in [0.4, 0.5) is 0 Å². The number of thiophene rings is 1. The van der Waals surface area contributed by atoms with Crippen molar-refractivity contribution in [2.75, 3.05) is 6.54 Å². The highest BCUT2D eigenvalue weighted by atomic mass is 32.1. The molecule has 0 spiro atoms. The van der Waals surface area contributed by atoms with Crippen molar-refractivity contribution in [2.24, 2.45) is 0 Å². The van der Waals surface area contributed by atoms with Crippen molar-refractivity contribution in [2.45, 2.75) is 32.0 Å². The summed E-state index contributed by atoms with van der Waals surface area (Å²) in [6.45, 7) is 1.65. The van der Waals surface area contributed by atoms with Gasteiger partial charge in [-0.3, -0.25) is 4.90 Å². The molecule has 27 heavy (non-hydrogen) atoms. The molecule has 0 aliphatic carbocycles. The molecule has 0 N–H and O–H groups in total. The van der Waals surface area contributed by atoms with Gasteiger partial charge in [0.05, 0.1) is 27.8 Å². The zero-order valence-electron chi connectivity index (χ0n) is 14.6. The highest BCUT2D eigenvalue weighted by Crippen LogP contribution is 2.36. The molecule has 5 rings (SSSR count). The normalized spacial score (nSPS) is 18.3. The fourth-order valence-electron chi connectivity index (χ4n) is 3.54. The van der Waals surface area contributed by atoms with E-state index in [1.54, 1.807) is 27.4 Å². The lowest BCUT2D eigenvalue weighted by molar-refractivity contribution is 0.102. The Balaban J connectivity index is 1.43. The Kier molecular flexibility index (Phi) is 4.65. The van der Waals surface area contributed by atoms with Crippen LogP contribution in [-0.2, 0) is 6.67 Å². The molecule has 1 aliphatic rings. The summed E-state index contributed by atoms with van der Waals surface area (Å²) in [6, 6.07) is 12.6. The zero-order valence-corrected chi connectivity index (χ0v) is 17.0. The van der Waals surface area contributed by atoms with Gasteiger partial charge < -0.3 is 4.42 Å². The van der Waals surface area contributed by atoms with E-state index in [4.69, 9.17) is 21.6 Å². The summed E-state index contributed by atoms with van der Waals surface area (Å²) in [5, 5.41) is 7.81. The molecule has 0 radical (unpaired) electrons. The number of aromatic nitrogens is 3. The van der Waals surface area contributed by atoms with Gasteiger partial charge >= 0.3 is 0 Å². The van der Waals surface area contributed by atoms with Crippen LogP contribution in [0.2, 0.25) is 0 Å². The van der Waals surface area contributed by atoms with Crippen molar-refractivity contribution in [1.29, 1.82) is 0 Å². The van der Waals surface area contributed by atoms with Gasteiger partial charge in [-0.1, -0.05) is 24.6 Å². The molecule has 138 valence electrons. The Morgan fingerprint density at radius 2 is 2.11 bits per heavy atom. The number of rotatable bonds is 4. The van der Waals surface area contributed by atoms with Crippen molar-refractivity contribution >= 4 is 45.1 Å². The minimum Gasteiger partial charge on any atom is -0.408 e. The third-order valence-corrected chi connectivity index (χ3v) is 7.15. The topological polar surface area (TPSA) is 47.1 Å². The first-order chi connectivity index (χ1) is 13.3. The second-order valence-electron chi connectivity index (χ2n) is 6.64. The Bertz CT molecular complexity index is 1080.